The topological polar surface area (TPSA) is 29.9 Å². The molecule has 0 fully saturated rings. The zero-order valence-electron chi connectivity index (χ0n) is 11.7. The standard InChI is InChI=1S/C15H19ClFN3/c1-11(10-20-7-6-19-12(20)2)8-18-9-13-14(16)4-3-5-15(13)17/h3-7,11,18H,8-10H2,1-2H3. The Morgan fingerprint density at radius 2 is 2.25 bits per heavy atom. The molecule has 0 amide bonds. The molecule has 0 spiro atoms. The van der Waals surface area contributed by atoms with Crippen molar-refractivity contribution in [3.8, 4) is 0 Å². The van der Waals surface area contributed by atoms with E-state index in [1.807, 2.05) is 13.1 Å². The molecule has 1 aromatic carbocycles. The second-order valence-corrected chi connectivity index (χ2v) is 5.47. The summed E-state index contributed by atoms with van der Waals surface area (Å²) in [5.41, 5.74) is 0.528. The molecule has 1 heterocycles. The zero-order valence-corrected chi connectivity index (χ0v) is 12.5. The Morgan fingerprint density at radius 3 is 2.90 bits per heavy atom. The Labute approximate surface area is 123 Å². The summed E-state index contributed by atoms with van der Waals surface area (Å²) >= 11 is 5.99. The lowest BCUT2D eigenvalue weighted by molar-refractivity contribution is 0.437. The van der Waals surface area contributed by atoms with Crippen molar-refractivity contribution in [2.24, 2.45) is 5.92 Å². The molecular weight excluding hydrogens is 277 g/mol. The van der Waals surface area contributed by atoms with Crippen molar-refractivity contribution >= 4 is 11.6 Å². The normalized spacial score (nSPS) is 12.6. The van der Waals surface area contributed by atoms with Gasteiger partial charge in [-0.05, 0) is 31.5 Å². The van der Waals surface area contributed by atoms with Crippen LogP contribution in [-0.2, 0) is 13.1 Å². The SMILES string of the molecule is Cc1nccn1CC(C)CNCc1c(F)cccc1Cl. The summed E-state index contributed by atoms with van der Waals surface area (Å²) in [6.45, 7) is 6.26. The van der Waals surface area contributed by atoms with Crippen LogP contribution in [0.3, 0.4) is 0 Å². The van der Waals surface area contributed by atoms with Gasteiger partial charge in [0.25, 0.3) is 0 Å². The predicted octanol–water partition coefficient (Wildman–Crippen LogP) is 3.41. The van der Waals surface area contributed by atoms with Crippen molar-refractivity contribution < 1.29 is 4.39 Å². The first-order valence-corrected chi connectivity index (χ1v) is 7.07. The van der Waals surface area contributed by atoms with E-state index in [0.717, 1.165) is 18.9 Å². The summed E-state index contributed by atoms with van der Waals surface area (Å²) in [5.74, 6) is 1.17. The molecule has 0 saturated carbocycles. The Bertz CT molecular complexity index is 548. The number of hydrogen-bond acceptors (Lipinski definition) is 2. The van der Waals surface area contributed by atoms with Crippen LogP contribution < -0.4 is 5.32 Å². The van der Waals surface area contributed by atoms with Crippen LogP contribution in [0.5, 0.6) is 0 Å². The Hall–Kier alpha value is -1.39. The number of nitrogens with one attached hydrogen (secondary N) is 1. The Balaban J connectivity index is 1.82. The number of aromatic nitrogens is 2. The highest BCUT2D eigenvalue weighted by molar-refractivity contribution is 6.31. The minimum absolute atomic E-state index is 0.261. The maximum Gasteiger partial charge on any atom is 0.129 e. The molecule has 2 rings (SSSR count). The van der Waals surface area contributed by atoms with Gasteiger partial charge < -0.3 is 9.88 Å². The van der Waals surface area contributed by atoms with E-state index in [0.29, 0.717) is 23.0 Å². The average Bonchev–Trinajstić information content (AvgIpc) is 2.79. The van der Waals surface area contributed by atoms with Gasteiger partial charge in [0.15, 0.2) is 0 Å². The summed E-state index contributed by atoms with van der Waals surface area (Å²) < 4.78 is 15.7. The third-order valence-electron chi connectivity index (χ3n) is 3.29. The van der Waals surface area contributed by atoms with Gasteiger partial charge in [-0.25, -0.2) is 9.37 Å². The van der Waals surface area contributed by atoms with E-state index in [2.05, 4.69) is 21.8 Å². The molecule has 20 heavy (non-hydrogen) atoms. The van der Waals surface area contributed by atoms with Gasteiger partial charge in [0, 0.05) is 36.1 Å². The maximum atomic E-state index is 13.6. The van der Waals surface area contributed by atoms with Gasteiger partial charge in [0.05, 0.1) is 0 Å². The van der Waals surface area contributed by atoms with Gasteiger partial charge in [0.1, 0.15) is 11.6 Å². The van der Waals surface area contributed by atoms with Crippen LogP contribution in [0, 0.1) is 18.7 Å². The summed E-state index contributed by atoms with van der Waals surface area (Å²) in [7, 11) is 0. The van der Waals surface area contributed by atoms with Crippen LogP contribution in [-0.4, -0.2) is 16.1 Å². The van der Waals surface area contributed by atoms with Crippen molar-refractivity contribution in [3.05, 3.63) is 52.8 Å². The van der Waals surface area contributed by atoms with E-state index in [-0.39, 0.29) is 5.82 Å². The quantitative estimate of drug-likeness (QED) is 0.885. The molecule has 1 N–H and O–H groups in total. The van der Waals surface area contributed by atoms with E-state index in [4.69, 9.17) is 11.6 Å². The van der Waals surface area contributed by atoms with Crippen LogP contribution in [0.4, 0.5) is 4.39 Å². The molecule has 108 valence electrons. The number of aryl methyl sites for hydroxylation is 1. The number of benzene rings is 1. The molecule has 2 aromatic rings. The van der Waals surface area contributed by atoms with E-state index in [9.17, 15) is 4.39 Å². The van der Waals surface area contributed by atoms with E-state index in [1.165, 1.54) is 6.07 Å². The monoisotopic (exact) mass is 295 g/mol. The van der Waals surface area contributed by atoms with Crippen LogP contribution >= 0.6 is 11.6 Å². The molecule has 0 saturated heterocycles. The lowest BCUT2D eigenvalue weighted by Gasteiger charge is -2.15. The van der Waals surface area contributed by atoms with Crippen molar-refractivity contribution in [1.29, 1.82) is 0 Å². The molecule has 1 aromatic heterocycles. The predicted molar refractivity (Wildman–Crippen MR) is 79.2 cm³/mol. The largest absolute Gasteiger partial charge is 0.335 e. The van der Waals surface area contributed by atoms with Gasteiger partial charge in [-0.1, -0.05) is 24.6 Å². The second-order valence-electron chi connectivity index (χ2n) is 5.06. The number of nitrogens with zero attached hydrogens (tertiary/aromatic N) is 2. The Morgan fingerprint density at radius 1 is 1.45 bits per heavy atom. The van der Waals surface area contributed by atoms with Gasteiger partial charge in [-0.15, -0.1) is 0 Å². The summed E-state index contributed by atoms with van der Waals surface area (Å²) in [6, 6.07) is 4.76. The lowest BCUT2D eigenvalue weighted by Crippen LogP contribution is -2.24. The van der Waals surface area contributed by atoms with Crippen LogP contribution in [0.15, 0.2) is 30.6 Å². The molecule has 0 radical (unpaired) electrons. The van der Waals surface area contributed by atoms with E-state index < -0.39 is 0 Å². The molecule has 5 heteroatoms. The third-order valence-corrected chi connectivity index (χ3v) is 3.64. The molecular formula is C15H19ClFN3. The van der Waals surface area contributed by atoms with Crippen molar-refractivity contribution in [1.82, 2.24) is 14.9 Å². The maximum absolute atomic E-state index is 13.6. The zero-order chi connectivity index (χ0) is 14.5. The van der Waals surface area contributed by atoms with Gasteiger partial charge >= 0.3 is 0 Å². The highest BCUT2D eigenvalue weighted by atomic mass is 35.5. The van der Waals surface area contributed by atoms with Crippen LogP contribution in [0.1, 0.15) is 18.3 Å². The highest BCUT2D eigenvalue weighted by Crippen LogP contribution is 2.18. The molecule has 1 unspecified atom stereocenters. The molecule has 0 aliphatic rings. The number of rotatable bonds is 6. The molecule has 0 bridgehead atoms. The third kappa shape index (κ3) is 3.81. The highest BCUT2D eigenvalue weighted by Gasteiger charge is 2.08. The average molecular weight is 296 g/mol. The first-order chi connectivity index (χ1) is 9.58. The fraction of sp³-hybridized carbons (Fsp3) is 0.400. The Kier molecular flexibility index (Phi) is 5.15. The number of halogens is 2. The number of hydrogen-bond donors (Lipinski definition) is 1. The first kappa shape index (κ1) is 15.0. The fourth-order valence-corrected chi connectivity index (χ4v) is 2.37. The smallest absolute Gasteiger partial charge is 0.129 e. The van der Waals surface area contributed by atoms with Crippen LogP contribution in [0.2, 0.25) is 5.02 Å². The van der Waals surface area contributed by atoms with Crippen LogP contribution in [0.25, 0.3) is 0 Å². The minimum atomic E-state index is -0.261. The number of imidazole rings is 1. The molecule has 0 aliphatic carbocycles. The molecule has 3 nitrogen and oxygen atoms in total. The van der Waals surface area contributed by atoms with Gasteiger partial charge in [-0.3, -0.25) is 0 Å². The summed E-state index contributed by atoms with van der Waals surface area (Å²) in [4.78, 5) is 4.20. The van der Waals surface area contributed by atoms with E-state index in [1.54, 1.807) is 18.3 Å². The minimum Gasteiger partial charge on any atom is -0.335 e. The fourth-order valence-electron chi connectivity index (χ4n) is 2.14. The lowest BCUT2D eigenvalue weighted by atomic mass is 10.1. The van der Waals surface area contributed by atoms with E-state index >= 15 is 0 Å². The van der Waals surface area contributed by atoms with Crippen molar-refractivity contribution in [2.75, 3.05) is 6.54 Å². The van der Waals surface area contributed by atoms with Gasteiger partial charge in [0.2, 0.25) is 0 Å². The second kappa shape index (κ2) is 6.86. The molecule has 0 aliphatic heterocycles. The van der Waals surface area contributed by atoms with Gasteiger partial charge in [-0.2, -0.15) is 0 Å². The first-order valence-electron chi connectivity index (χ1n) is 6.69. The van der Waals surface area contributed by atoms with Crippen molar-refractivity contribution in [3.63, 3.8) is 0 Å². The summed E-state index contributed by atoms with van der Waals surface area (Å²) in [5, 5.41) is 3.72. The van der Waals surface area contributed by atoms with Crippen molar-refractivity contribution in [2.45, 2.75) is 26.9 Å². The summed E-state index contributed by atoms with van der Waals surface area (Å²) in [6.07, 6.45) is 3.77. The molecule has 1 atom stereocenters.